The van der Waals surface area contributed by atoms with Gasteiger partial charge in [-0.3, -0.25) is 9.69 Å². The van der Waals surface area contributed by atoms with E-state index in [0.717, 1.165) is 32.1 Å². The highest BCUT2D eigenvalue weighted by atomic mass is 16.5. The summed E-state index contributed by atoms with van der Waals surface area (Å²) in [5.41, 5.74) is -0.662. The highest BCUT2D eigenvalue weighted by Gasteiger charge is 2.44. The van der Waals surface area contributed by atoms with Gasteiger partial charge in [-0.25, -0.2) is 0 Å². The van der Waals surface area contributed by atoms with Gasteiger partial charge in [0.15, 0.2) is 0 Å². The number of ether oxygens (including phenoxy) is 1. The van der Waals surface area contributed by atoms with Crippen molar-refractivity contribution >= 4 is 5.97 Å². The first kappa shape index (κ1) is 14.5. The Kier molecular flexibility index (Phi) is 5.40. The molecule has 0 aliphatic heterocycles. The average Bonchev–Trinajstić information content (AvgIpc) is 2.35. The maximum Gasteiger partial charge on any atom is 0.324 e. The Morgan fingerprint density at radius 2 is 2.06 bits per heavy atom. The van der Waals surface area contributed by atoms with Crippen LogP contribution in [0.1, 0.15) is 39.0 Å². The zero-order chi connectivity index (χ0) is 12.9. The summed E-state index contributed by atoms with van der Waals surface area (Å²) in [6, 6.07) is 0. The second-order valence-corrected chi connectivity index (χ2v) is 5.10. The van der Waals surface area contributed by atoms with Gasteiger partial charge < -0.3 is 9.84 Å². The molecule has 0 aromatic heterocycles. The van der Waals surface area contributed by atoms with Crippen LogP contribution < -0.4 is 0 Å². The maximum absolute atomic E-state index is 11.6. The van der Waals surface area contributed by atoms with Gasteiger partial charge in [0.2, 0.25) is 0 Å². The van der Waals surface area contributed by atoms with Crippen LogP contribution in [0.5, 0.6) is 0 Å². The van der Waals surface area contributed by atoms with E-state index in [1.54, 1.807) is 7.11 Å². The monoisotopic (exact) mass is 243 g/mol. The number of nitrogens with zero attached hydrogens (tertiary/aromatic N) is 1. The second kappa shape index (κ2) is 6.36. The Morgan fingerprint density at radius 1 is 1.47 bits per heavy atom. The van der Waals surface area contributed by atoms with Crippen LogP contribution in [0.15, 0.2) is 0 Å². The van der Waals surface area contributed by atoms with Crippen LogP contribution in [-0.2, 0) is 9.53 Å². The SMILES string of the molecule is CCC1CCC(C(=O)O)(N(C)CCOC)CC1. The number of carboxylic acids is 1. The van der Waals surface area contributed by atoms with Gasteiger partial charge in [0.1, 0.15) is 5.54 Å². The molecule has 0 heterocycles. The predicted octanol–water partition coefficient (Wildman–Crippen LogP) is 1.99. The van der Waals surface area contributed by atoms with Crippen LogP contribution >= 0.6 is 0 Å². The summed E-state index contributed by atoms with van der Waals surface area (Å²) in [6.45, 7) is 3.45. The van der Waals surface area contributed by atoms with Gasteiger partial charge in [0.05, 0.1) is 6.61 Å². The fourth-order valence-electron chi connectivity index (χ4n) is 2.76. The van der Waals surface area contributed by atoms with Crippen molar-refractivity contribution < 1.29 is 14.6 Å². The van der Waals surface area contributed by atoms with Crippen molar-refractivity contribution in [3.05, 3.63) is 0 Å². The molecule has 0 unspecified atom stereocenters. The van der Waals surface area contributed by atoms with Gasteiger partial charge in [-0.15, -0.1) is 0 Å². The fraction of sp³-hybridized carbons (Fsp3) is 0.923. The van der Waals surface area contributed by atoms with Crippen molar-refractivity contribution in [1.29, 1.82) is 0 Å². The number of methoxy groups -OCH3 is 1. The van der Waals surface area contributed by atoms with Crippen LogP contribution in [-0.4, -0.2) is 48.8 Å². The molecule has 1 aliphatic carbocycles. The van der Waals surface area contributed by atoms with Crippen molar-refractivity contribution in [3.63, 3.8) is 0 Å². The van der Waals surface area contributed by atoms with E-state index in [4.69, 9.17) is 4.74 Å². The molecule has 1 N–H and O–H groups in total. The number of hydrogen-bond acceptors (Lipinski definition) is 3. The van der Waals surface area contributed by atoms with Crippen molar-refractivity contribution in [2.45, 2.75) is 44.6 Å². The lowest BCUT2D eigenvalue weighted by Crippen LogP contribution is -2.55. The average molecular weight is 243 g/mol. The van der Waals surface area contributed by atoms with Gasteiger partial charge in [-0.2, -0.15) is 0 Å². The third-order valence-corrected chi connectivity index (χ3v) is 4.27. The van der Waals surface area contributed by atoms with Gasteiger partial charge in [-0.1, -0.05) is 13.3 Å². The highest BCUT2D eigenvalue weighted by molar-refractivity contribution is 5.78. The van der Waals surface area contributed by atoms with Gasteiger partial charge in [-0.05, 0) is 38.6 Å². The molecule has 0 radical (unpaired) electrons. The number of carboxylic acid groups (broad SMARTS) is 1. The van der Waals surface area contributed by atoms with Crippen molar-refractivity contribution in [2.75, 3.05) is 27.3 Å². The van der Waals surface area contributed by atoms with Crippen LogP contribution in [0.25, 0.3) is 0 Å². The minimum absolute atomic E-state index is 0.586. The number of carbonyl (C=O) groups is 1. The summed E-state index contributed by atoms with van der Waals surface area (Å²) >= 11 is 0. The van der Waals surface area contributed by atoms with Crippen LogP contribution in [0.3, 0.4) is 0 Å². The second-order valence-electron chi connectivity index (χ2n) is 5.10. The number of aliphatic carboxylic acids is 1. The van der Waals surface area contributed by atoms with Crippen molar-refractivity contribution in [3.8, 4) is 0 Å². The lowest BCUT2D eigenvalue weighted by atomic mass is 9.74. The summed E-state index contributed by atoms with van der Waals surface area (Å²) in [4.78, 5) is 13.6. The molecular weight excluding hydrogens is 218 g/mol. The molecule has 0 bridgehead atoms. The Balaban J connectivity index is 2.67. The highest BCUT2D eigenvalue weighted by Crippen LogP contribution is 2.37. The molecule has 17 heavy (non-hydrogen) atoms. The molecule has 100 valence electrons. The Hall–Kier alpha value is -0.610. The standard InChI is InChI=1S/C13H25NO3/c1-4-11-5-7-13(8-6-11,12(15)16)14(2)9-10-17-3/h11H,4-10H2,1-3H3,(H,15,16). The molecule has 1 saturated carbocycles. The first-order valence-electron chi connectivity index (χ1n) is 6.50. The molecular formula is C13H25NO3. The van der Waals surface area contributed by atoms with Gasteiger partial charge in [0, 0.05) is 13.7 Å². The van der Waals surface area contributed by atoms with Gasteiger partial charge in [0.25, 0.3) is 0 Å². The predicted molar refractivity (Wildman–Crippen MR) is 67.1 cm³/mol. The molecule has 4 heteroatoms. The Morgan fingerprint density at radius 3 is 2.47 bits per heavy atom. The summed E-state index contributed by atoms with van der Waals surface area (Å²) in [5.74, 6) is 0.0314. The summed E-state index contributed by atoms with van der Waals surface area (Å²) in [5, 5.41) is 9.53. The molecule has 0 atom stereocenters. The van der Waals surface area contributed by atoms with E-state index in [2.05, 4.69) is 6.92 Å². The van der Waals surface area contributed by atoms with Crippen molar-refractivity contribution in [2.24, 2.45) is 5.92 Å². The zero-order valence-corrected chi connectivity index (χ0v) is 11.2. The van der Waals surface area contributed by atoms with E-state index in [1.165, 1.54) is 0 Å². The first-order valence-corrected chi connectivity index (χ1v) is 6.50. The van der Waals surface area contributed by atoms with Crippen LogP contribution in [0.2, 0.25) is 0 Å². The lowest BCUT2D eigenvalue weighted by molar-refractivity contribution is -0.154. The minimum Gasteiger partial charge on any atom is -0.480 e. The maximum atomic E-state index is 11.6. The summed E-state index contributed by atoms with van der Waals surface area (Å²) < 4.78 is 5.04. The molecule has 1 fully saturated rings. The largest absolute Gasteiger partial charge is 0.480 e. The quantitative estimate of drug-likeness (QED) is 0.775. The molecule has 0 aromatic carbocycles. The van der Waals surface area contributed by atoms with Crippen molar-refractivity contribution in [1.82, 2.24) is 4.90 Å². The minimum atomic E-state index is -0.675. The number of likely N-dealkylation sites (N-methyl/N-ethyl adjacent to an activating group) is 1. The smallest absolute Gasteiger partial charge is 0.324 e. The third-order valence-electron chi connectivity index (χ3n) is 4.27. The Bertz CT molecular complexity index is 247. The fourth-order valence-corrected chi connectivity index (χ4v) is 2.76. The molecule has 0 amide bonds. The van der Waals surface area contributed by atoms with E-state index in [-0.39, 0.29) is 0 Å². The molecule has 1 aliphatic rings. The number of hydrogen-bond donors (Lipinski definition) is 1. The summed E-state index contributed by atoms with van der Waals surface area (Å²) in [6.07, 6.45) is 4.75. The van der Waals surface area contributed by atoms with Gasteiger partial charge >= 0.3 is 5.97 Å². The van der Waals surface area contributed by atoms with E-state index < -0.39 is 11.5 Å². The number of rotatable bonds is 6. The van der Waals surface area contributed by atoms with E-state index >= 15 is 0 Å². The molecule has 4 nitrogen and oxygen atoms in total. The zero-order valence-electron chi connectivity index (χ0n) is 11.2. The first-order chi connectivity index (χ1) is 8.06. The van der Waals surface area contributed by atoms with E-state index in [9.17, 15) is 9.90 Å². The molecule has 0 aromatic rings. The third kappa shape index (κ3) is 3.19. The molecule has 0 spiro atoms. The molecule has 0 saturated heterocycles. The van der Waals surface area contributed by atoms with E-state index in [1.807, 2.05) is 11.9 Å². The van der Waals surface area contributed by atoms with E-state index in [0.29, 0.717) is 19.1 Å². The normalized spacial score (nSPS) is 29.5. The van der Waals surface area contributed by atoms with Crippen LogP contribution in [0, 0.1) is 5.92 Å². The Labute approximate surface area is 104 Å². The summed E-state index contributed by atoms with van der Waals surface area (Å²) in [7, 11) is 3.55. The topological polar surface area (TPSA) is 49.8 Å². The molecule has 1 rings (SSSR count). The van der Waals surface area contributed by atoms with Crippen LogP contribution in [0.4, 0.5) is 0 Å². The lowest BCUT2D eigenvalue weighted by Gasteiger charge is -2.43.